The molecule has 13 heteroatoms. The monoisotopic (exact) mass is 523 g/mol. The Morgan fingerprint density at radius 1 is 1.03 bits per heavy atom. The first kappa shape index (κ1) is 26.5. The van der Waals surface area contributed by atoms with Crippen molar-refractivity contribution in [3.8, 4) is 5.75 Å². The number of likely N-dealkylation sites (N-methyl/N-ethyl adjacent to an activating group) is 1. The average Bonchev–Trinajstić information content (AvgIpc) is 3.31. The van der Waals surface area contributed by atoms with Crippen molar-refractivity contribution in [3.05, 3.63) is 24.0 Å². The van der Waals surface area contributed by atoms with Crippen molar-refractivity contribution >= 4 is 31.4 Å². The largest absolute Gasteiger partial charge is 0.524 e. The number of aromatic nitrogens is 3. The normalized spacial score (nSPS) is 19.3. The molecule has 2 aliphatic rings. The molecule has 0 bridgehead atoms. The Balaban J connectivity index is 1.48. The zero-order chi connectivity index (χ0) is 25.5. The molecule has 1 aliphatic carbocycles. The maximum Gasteiger partial charge on any atom is 0.524 e. The quantitative estimate of drug-likeness (QED) is 0.271. The summed E-state index contributed by atoms with van der Waals surface area (Å²) in [6.07, 6.45) is 8.43. The Kier molecular flexibility index (Phi) is 8.95. The molecule has 198 valence electrons. The number of rotatable bonds is 11. The number of phosphoric ester groups is 1. The van der Waals surface area contributed by atoms with E-state index in [4.69, 9.17) is 9.79 Å². The molecule has 1 aliphatic heterocycles. The van der Waals surface area contributed by atoms with E-state index in [1.165, 1.54) is 44.6 Å². The summed E-state index contributed by atoms with van der Waals surface area (Å²) in [5.74, 6) is 0.187. The minimum atomic E-state index is -4.87. The van der Waals surface area contributed by atoms with Gasteiger partial charge in [0.2, 0.25) is 17.8 Å². The number of halogens is 1. The molecule has 0 radical (unpaired) electrons. The van der Waals surface area contributed by atoms with Crippen molar-refractivity contribution < 1.29 is 23.3 Å². The predicted molar refractivity (Wildman–Crippen MR) is 136 cm³/mol. The first-order valence-corrected chi connectivity index (χ1v) is 14.1. The molecule has 5 N–H and O–H groups in total. The number of likely N-dealkylation sites (tertiary alicyclic amines) is 1. The van der Waals surface area contributed by atoms with Crippen LogP contribution in [0.4, 0.5) is 27.9 Å². The van der Waals surface area contributed by atoms with Crippen LogP contribution in [0.1, 0.15) is 51.9 Å². The van der Waals surface area contributed by atoms with Crippen molar-refractivity contribution in [1.82, 2.24) is 19.9 Å². The van der Waals surface area contributed by atoms with E-state index in [0.717, 1.165) is 38.2 Å². The third-order valence-electron chi connectivity index (χ3n) is 6.72. The van der Waals surface area contributed by atoms with E-state index in [1.54, 1.807) is 0 Å². The summed E-state index contributed by atoms with van der Waals surface area (Å²) >= 11 is 0. The zero-order valence-electron chi connectivity index (χ0n) is 20.5. The molecular weight excluding hydrogens is 488 g/mol. The van der Waals surface area contributed by atoms with Crippen LogP contribution in [0.5, 0.6) is 5.75 Å². The molecule has 1 atom stereocenters. The highest BCUT2D eigenvalue weighted by Gasteiger charge is 2.23. The number of phosphoric acid groups is 1. The lowest BCUT2D eigenvalue weighted by molar-refractivity contribution is 0.276. The molecule has 11 nitrogen and oxygen atoms in total. The van der Waals surface area contributed by atoms with Crippen molar-refractivity contribution in [2.24, 2.45) is 5.92 Å². The predicted octanol–water partition coefficient (Wildman–Crippen LogP) is 4.11. The topological polar surface area (TPSA) is 145 Å². The van der Waals surface area contributed by atoms with Gasteiger partial charge in [-0.1, -0.05) is 26.2 Å². The first-order chi connectivity index (χ1) is 17.3. The highest BCUT2D eigenvalue weighted by Crippen LogP contribution is 2.39. The van der Waals surface area contributed by atoms with Gasteiger partial charge in [-0.2, -0.15) is 15.0 Å². The van der Waals surface area contributed by atoms with Crippen LogP contribution in [-0.2, 0) is 4.57 Å². The molecule has 1 saturated carbocycles. The summed E-state index contributed by atoms with van der Waals surface area (Å²) in [4.78, 5) is 33.8. The van der Waals surface area contributed by atoms with E-state index in [9.17, 15) is 8.96 Å². The molecule has 1 aromatic carbocycles. The van der Waals surface area contributed by atoms with E-state index in [0.29, 0.717) is 36.1 Å². The second-order valence-corrected chi connectivity index (χ2v) is 10.5. The minimum absolute atomic E-state index is 0.223. The van der Waals surface area contributed by atoms with E-state index >= 15 is 0 Å². The lowest BCUT2D eigenvalue weighted by atomic mass is 9.89. The maximum atomic E-state index is 14.3. The summed E-state index contributed by atoms with van der Waals surface area (Å²) in [5.41, 5.74) is 0.300. The fourth-order valence-corrected chi connectivity index (χ4v) is 5.28. The van der Waals surface area contributed by atoms with Crippen molar-refractivity contribution in [2.45, 2.75) is 57.9 Å². The molecule has 4 rings (SSSR count). The van der Waals surface area contributed by atoms with E-state index < -0.39 is 19.4 Å². The van der Waals surface area contributed by atoms with Gasteiger partial charge in [0.25, 0.3) is 0 Å². The lowest BCUT2D eigenvalue weighted by Crippen LogP contribution is -2.35. The third-order valence-corrected chi connectivity index (χ3v) is 7.15. The van der Waals surface area contributed by atoms with Crippen LogP contribution in [0.3, 0.4) is 0 Å². The fraction of sp³-hybridized carbons (Fsp3) is 0.609. The summed E-state index contributed by atoms with van der Waals surface area (Å²) in [7, 11) is -4.87. The Bertz CT molecular complexity index is 1070. The van der Waals surface area contributed by atoms with Crippen LogP contribution in [-0.4, -0.2) is 61.9 Å². The molecule has 36 heavy (non-hydrogen) atoms. The standard InChI is InChI=1S/C23H35FN7O4P/c1-2-31-12-6-9-18(31)15-26-22-28-21(25-14-16-7-4-3-5-8-16)29-23(30-22)27-17-10-11-20(19(24)13-17)35-36(32,33)34/h10-11,13,16,18H,2-9,12,14-15H2,1H3,(H2,32,33,34)(H3,25,26,27,28,29,30). The van der Waals surface area contributed by atoms with Gasteiger partial charge in [0.15, 0.2) is 11.6 Å². The van der Waals surface area contributed by atoms with Crippen LogP contribution in [0.15, 0.2) is 18.2 Å². The molecule has 2 aromatic rings. The Morgan fingerprint density at radius 3 is 2.39 bits per heavy atom. The molecule has 1 unspecified atom stereocenters. The van der Waals surface area contributed by atoms with Gasteiger partial charge in [0.1, 0.15) is 0 Å². The molecule has 2 heterocycles. The minimum Gasteiger partial charge on any atom is -0.401 e. The summed E-state index contributed by atoms with van der Waals surface area (Å²) < 4.78 is 29.7. The Hall–Kier alpha value is -2.53. The third kappa shape index (κ3) is 7.73. The van der Waals surface area contributed by atoms with Gasteiger partial charge in [-0.3, -0.25) is 14.7 Å². The summed E-state index contributed by atoms with van der Waals surface area (Å²) in [6, 6.07) is 4.04. The van der Waals surface area contributed by atoms with Crippen LogP contribution >= 0.6 is 7.82 Å². The van der Waals surface area contributed by atoms with Gasteiger partial charge in [-0.25, -0.2) is 8.96 Å². The molecular formula is C23H35FN7O4P. The highest BCUT2D eigenvalue weighted by molar-refractivity contribution is 7.46. The van der Waals surface area contributed by atoms with Crippen LogP contribution in [0.25, 0.3) is 0 Å². The molecule has 0 spiro atoms. The molecule has 2 fully saturated rings. The summed E-state index contributed by atoms with van der Waals surface area (Å²) in [5, 5.41) is 9.64. The fourth-order valence-electron chi connectivity index (χ4n) is 4.88. The number of nitrogens with one attached hydrogen (secondary N) is 3. The van der Waals surface area contributed by atoms with Crippen molar-refractivity contribution in [1.29, 1.82) is 0 Å². The molecule has 0 amide bonds. The Labute approximate surface area is 210 Å². The summed E-state index contributed by atoms with van der Waals surface area (Å²) in [6.45, 7) is 5.73. The number of hydrogen-bond acceptors (Lipinski definition) is 9. The van der Waals surface area contributed by atoms with E-state index in [1.807, 2.05) is 0 Å². The van der Waals surface area contributed by atoms with E-state index in [-0.39, 0.29) is 5.95 Å². The smallest absolute Gasteiger partial charge is 0.401 e. The first-order valence-electron chi connectivity index (χ1n) is 12.6. The van der Waals surface area contributed by atoms with Gasteiger partial charge in [-0.05, 0) is 56.8 Å². The molecule has 1 saturated heterocycles. The van der Waals surface area contributed by atoms with Gasteiger partial charge in [0, 0.05) is 30.9 Å². The number of anilines is 4. The second kappa shape index (κ2) is 12.1. The van der Waals surface area contributed by atoms with Crippen LogP contribution in [0.2, 0.25) is 0 Å². The van der Waals surface area contributed by atoms with Crippen LogP contribution < -0.4 is 20.5 Å². The highest BCUT2D eigenvalue weighted by atomic mass is 31.2. The van der Waals surface area contributed by atoms with Gasteiger partial charge >= 0.3 is 7.82 Å². The SMILES string of the molecule is CCN1CCCC1CNc1nc(NCC2CCCCC2)nc(Nc2ccc(OP(=O)(O)O)c(F)c2)n1. The van der Waals surface area contributed by atoms with Crippen molar-refractivity contribution in [2.75, 3.05) is 42.1 Å². The number of benzene rings is 1. The van der Waals surface area contributed by atoms with Gasteiger partial charge in [-0.15, -0.1) is 0 Å². The number of nitrogens with zero attached hydrogens (tertiary/aromatic N) is 4. The van der Waals surface area contributed by atoms with E-state index in [2.05, 4.69) is 47.2 Å². The van der Waals surface area contributed by atoms with Crippen LogP contribution in [0, 0.1) is 11.7 Å². The van der Waals surface area contributed by atoms with Gasteiger partial charge in [0.05, 0.1) is 0 Å². The average molecular weight is 524 g/mol. The maximum absolute atomic E-state index is 14.3. The molecule has 1 aromatic heterocycles. The van der Waals surface area contributed by atoms with Gasteiger partial charge < -0.3 is 20.5 Å². The zero-order valence-corrected chi connectivity index (χ0v) is 21.4. The lowest BCUT2D eigenvalue weighted by Gasteiger charge is -2.23. The number of hydrogen-bond donors (Lipinski definition) is 5. The van der Waals surface area contributed by atoms with Crippen molar-refractivity contribution in [3.63, 3.8) is 0 Å². The Morgan fingerprint density at radius 2 is 1.72 bits per heavy atom. The second-order valence-electron chi connectivity index (χ2n) is 9.35.